The molecule has 0 aliphatic carbocycles. The van der Waals surface area contributed by atoms with Crippen LogP contribution in [-0.2, 0) is 0 Å². The number of aryl methyl sites for hydroxylation is 1. The fourth-order valence-electron chi connectivity index (χ4n) is 2.13. The monoisotopic (exact) mass is 373 g/mol. The van der Waals surface area contributed by atoms with Gasteiger partial charge in [0.25, 0.3) is 5.91 Å². The van der Waals surface area contributed by atoms with Gasteiger partial charge in [-0.3, -0.25) is 9.89 Å². The molecule has 3 aromatic rings. The van der Waals surface area contributed by atoms with Gasteiger partial charge in [-0.15, -0.1) is 0 Å². The Balaban J connectivity index is 1.78. The topological polar surface area (TPSA) is 57.8 Å². The van der Waals surface area contributed by atoms with Crippen LogP contribution in [0, 0.1) is 12.7 Å². The van der Waals surface area contributed by atoms with Gasteiger partial charge >= 0.3 is 0 Å². The Morgan fingerprint density at radius 3 is 2.61 bits per heavy atom. The third-order valence-electron chi connectivity index (χ3n) is 3.38. The average molecular weight is 374 g/mol. The first-order valence-corrected chi connectivity index (χ1v) is 7.71. The second-order valence-corrected chi connectivity index (χ2v) is 6.01. The molecule has 3 rings (SSSR count). The van der Waals surface area contributed by atoms with E-state index >= 15 is 0 Å². The number of nitrogens with one attached hydrogen (secondary N) is 2. The molecule has 1 amide bonds. The molecule has 0 aliphatic rings. The molecule has 0 atom stereocenters. The molecule has 0 unspecified atom stereocenters. The van der Waals surface area contributed by atoms with Gasteiger partial charge in [0.15, 0.2) is 0 Å². The maximum atomic E-state index is 13.2. The molecule has 0 radical (unpaired) electrons. The van der Waals surface area contributed by atoms with Crippen molar-refractivity contribution >= 4 is 27.5 Å². The van der Waals surface area contributed by atoms with Gasteiger partial charge in [-0.05, 0) is 48.9 Å². The summed E-state index contributed by atoms with van der Waals surface area (Å²) in [4.78, 5) is 12.2. The Kier molecular flexibility index (Phi) is 4.25. The van der Waals surface area contributed by atoms with Crippen molar-refractivity contribution in [2.75, 3.05) is 5.32 Å². The number of hydrogen-bond acceptors (Lipinski definition) is 2. The van der Waals surface area contributed by atoms with E-state index in [-0.39, 0.29) is 11.7 Å². The maximum absolute atomic E-state index is 13.2. The summed E-state index contributed by atoms with van der Waals surface area (Å²) >= 11 is 3.38. The van der Waals surface area contributed by atoms with Crippen molar-refractivity contribution in [1.82, 2.24) is 10.2 Å². The Labute approximate surface area is 140 Å². The first-order valence-electron chi connectivity index (χ1n) is 6.92. The summed E-state index contributed by atoms with van der Waals surface area (Å²) in [5, 5.41) is 9.58. The van der Waals surface area contributed by atoms with Gasteiger partial charge in [0, 0.05) is 15.7 Å². The predicted octanol–water partition coefficient (Wildman–Crippen LogP) is 4.54. The molecular formula is C17H13BrFN3O. The van der Waals surface area contributed by atoms with Crippen LogP contribution in [0.5, 0.6) is 0 Å². The van der Waals surface area contributed by atoms with E-state index in [0.29, 0.717) is 22.6 Å². The van der Waals surface area contributed by atoms with Gasteiger partial charge in [-0.1, -0.05) is 28.1 Å². The van der Waals surface area contributed by atoms with E-state index in [1.165, 1.54) is 12.1 Å². The normalized spacial score (nSPS) is 10.6. The third-order valence-corrected chi connectivity index (χ3v) is 3.91. The van der Waals surface area contributed by atoms with Gasteiger partial charge in [0.2, 0.25) is 0 Å². The highest BCUT2D eigenvalue weighted by Gasteiger charge is 2.12. The molecule has 0 saturated carbocycles. The highest BCUT2D eigenvalue weighted by molar-refractivity contribution is 9.10. The molecule has 2 N–H and O–H groups in total. The quantitative estimate of drug-likeness (QED) is 0.707. The fraction of sp³-hybridized carbons (Fsp3) is 0.0588. The highest BCUT2D eigenvalue weighted by Crippen LogP contribution is 2.21. The number of amides is 1. The van der Waals surface area contributed by atoms with Crippen molar-refractivity contribution in [3.63, 3.8) is 0 Å². The molecular weight excluding hydrogens is 361 g/mol. The first kappa shape index (κ1) is 15.4. The van der Waals surface area contributed by atoms with E-state index in [4.69, 9.17) is 0 Å². The van der Waals surface area contributed by atoms with Crippen LogP contribution in [0.25, 0.3) is 11.3 Å². The Morgan fingerprint density at radius 2 is 1.91 bits per heavy atom. The number of benzene rings is 2. The van der Waals surface area contributed by atoms with Crippen molar-refractivity contribution in [2.45, 2.75) is 6.92 Å². The molecule has 0 aliphatic heterocycles. The zero-order valence-corrected chi connectivity index (χ0v) is 13.8. The van der Waals surface area contributed by atoms with E-state index in [2.05, 4.69) is 31.4 Å². The van der Waals surface area contributed by atoms with Crippen LogP contribution in [0.2, 0.25) is 0 Å². The molecule has 23 heavy (non-hydrogen) atoms. The Hall–Kier alpha value is -2.47. The van der Waals surface area contributed by atoms with Crippen molar-refractivity contribution < 1.29 is 9.18 Å². The molecule has 4 nitrogen and oxygen atoms in total. The summed E-state index contributed by atoms with van der Waals surface area (Å²) in [5.74, 6) is -0.631. The lowest BCUT2D eigenvalue weighted by atomic mass is 10.1. The van der Waals surface area contributed by atoms with E-state index < -0.39 is 0 Å². The molecule has 0 spiro atoms. The minimum atomic E-state index is -0.327. The second kappa shape index (κ2) is 6.34. The van der Waals surface area contributed by atoms with Crippen LogP contribution in [0.15, 0.2) is 53.0 Å². The molecule has 116 valence electrons. The number of rotatable bonds is 3. The summed E-state index contributed by atoms with van der Waals surface area (Å²) in [7, 11) is 0. The number of H-pyrrole nitrogens is 1. The summed E-state index contributed by atoms with van der Waals surface area (Å²) < 4.78 is 14.2. The van der Waals surface area contributed by atoms with Crippen LogP contribution in [0.3, 0.4) is 0 Å². The number of carbonyl (C=O) groups is 1. The zero-order valence-electron chi connectivity index (χ0n) is 12.2. The van der Waals surface area contributed by atoms with E-state index in [1.54, 1.807) is 19.1 Å². The summed E-state index contributed by atoms with van der Waals surface area (Å²) in [6.07, 6.45) is 0. The van der Waals surface area contributed by atoms with Crippen LogP contribution in [0.4, 0.5) is 10.1 Å². The summed E-state index contributed by atoms with van der Waals surface area (Å²) in [5.41, 5.74) is 2.93. The van der Waals surface area contributed by atoms with Crippen molar-refractivity contribution in [3.05, 3.63) is 70.1 Å². The number of aromatic nitrogens is 2. The average Bonchev–Trinajstić information content (AvgIpc) is 3.02. The second-order valence-electron chi connectivity index (χ2n) is 5.09. The number of aromatic amines is 1. The highest BCUT2D eigenvalue weighted by atomic mass is 79.9. The van der Waals surface area contributed by atoms with Gasteiger partial charge in [-0.2, -0.15) is 5.10 Å². The van der Waals surface area contributed by atoms with Crippen molar-refractivity contribution in [3.8, 4) is 11.3 Å². The predicted molar refractivity (Wildman–Crippen MR) is 90.8 cm³/mol. The third kappa shape index (κ3) is 3.48. The van der Waals surface area contributed by atoms with Crippen LogP contribution in [0.1, 0.15) is 16.1 Å². The van der Waals surface area contributed by atoms with Gasteiger partial charge in [-0.25, -0.2) is 4.39 Å². The van der Waals surface area contributed by atoms with Crippen LogP contribution >= 0.6 is 15.9 Å². The van der Waals surface area contributed by atoms with E-state index in [1.807, 2.05) is 24.3 Å². The number of nitrogens with zero attached hydrogens (tertiary/aromatic N) is 1. The Bertz CT molecular complexity index is 859. The minimum Gasteiger partial charge on any atom is -0.321 e. The largest absolute Gasteiger partial charge is 0.321 e. The maximum Gasteiger partial charge on any atom is 0.273 e. The molecule has 0 fully saturated rings. The molecule has 6 heteroatoms. The lowest BCUT2D eigenvalue weighted by molar-refractivity contribution is 0.102. The van der Waals surface area contributed by atoms with Crippen LogP contribution in [-0.4, -0.2) is 16.1 Å². The van der Waals surface area contributed by atoms with Gasteiger partial charge in [0.05, 0.1) is 5.69 Å². The SMILES string of the molecule is Cc1cc(NC(=O)c2cc(-c3ccc(Br)cc3)n[nH]2)ccc1F. The van der Waals surface area contributed by atoms with Crippen LogP contribution < -0.4 is 5.32 Å². The van der Waals surface area contributed by atoms with Gasteiger partial charge < -0.3 is 5.32 Å². The van der Waals surface area contributed by atoms with Crippen molar-refractivity contribution in [2.24, 2.45) is 0 Å². The molecule has 1 heterocycles. The van der Waals surface area contributed by atoms with E-state index in [0.717, 1.165) is 10.0 Å². The lowest BCUT2D eigenvalue weighted by Gasteiger charge is -2.04. The van der Waals surface area contributed by atoms with Gasteiger partial charge in [0.1, 0.15) is 11.5 Å². The number of halogens is 2. The summed E-state index contributed by atoms with van der Waals surface area (Å²) in [6, 6.07) is 13.7. The molecule has 0 bridgehead atoms. The molecule has 1 aromatic heterocycles. The number of hydrogen-bond donors (Lipinski definition) is 2. The van der Waals surface area contributed by atoms with Crippen molar-refractivity contribution in [1.29, 1.82) is 0 Å². The minimum absolute atomic E-state index is 0.304. The fourth-order valence-corrected chi connectivity index (χ4v) is 2.39. The molecule has 0 saturated heterocycles. The Morgan fingerprint density at radius 1 is 1.17 bits per heavy atom. The smallest absolute Gasteiger partial charge is 0.273 e. The first-order chi connectivity index (χ1) is 11.0. The lowest BCUT2D eigenvalue weighted by Crippen LogP contribution is -2.12. The summed E-state index contributed by atoms with van der Waals surface area (Å²) in [6.45, 7) is 1.65. The molecule has 2 aromatic carbocycles. The number of carbonyl (C=O) groups excluding carboxylic acids is 1. The van der Waals surface area contributed by atoms with E-state index in [9.17, 15) is 9.18 Å². The zero-order chi connectivity index (χ0) is 16.4. The standard InChI is InChI=1S/C17H13BrFN3O/c1-10-8-13(6-7-14(10)19)20-17(23)16-9-15(21-22-16)11-2-4-12(18)5-3-11/h2-9H,1H3,(H,20,23)(H,21,22). The number of anilines is 1.